The van der Waals surface area contributed by atoms with Crippen LogP contribution in [0.3, 0.4) is 0 Å². The van der Waals surface area contributed by atoms with Crippen molar-refractivity contribution in [3.63, 3.8) is 0 Å². The minimum Gasteiger partial charge on any atom is -0.350 e. The molecule has 1 N–H and O–H groups in total. The molecule has 0 radical (unpaired) electrons. The number of aromatic amines is 1. The lowest BCUT2D eigenvalue weighted by atomic mass is 9.80. The molecule has 2 aliphatic rings. The normalized spacial score (nSPS) is 20.8. The van der Waals surface area contributed by atoms with Crippen molar-refractivity contribution < 1.29 is 33.5 Å². The van der Waals surface area contributed by atoms with Crippen molar-refractivity contribution in [1.82, 2.24) is 4.98 Å². The van der Waals surface area contributed by atoms with Crippen LogP contribution in [-0.2, 0) is 0 Å². The van der Waals surface area contributed by atoms with Crippen LogP contribution in [0.1, 0.15) is 69.0 Å². The monoisotopic (exact) mass is 433 g/mol. The first kappa shape index (κ1) is 22.7. The van der Waals surface area contributed by atoms with Crippen LogP contribution in [0.25, 0.3) is 10.9 Å². The molecule has 0 saturated carbocycles. The largest absolute Gasteiger partial charge is 0.350 e. The van der Waals surface area contributed by atoms with Gasteiger partial charge in [0, 0.05) is 41.1 Å². The number of nitrogens with one attached hydrogen (secondary N) is 1. The fraction of sp³-hybridized carbons (Fsp3) is 0.545. The van der Waals surface area contributed by atoms with Crippen LogP contribution in [0.4, 0.5) is 0 Å². The molecule has 4 rings (SSSR count). The number of para-hydroxylation sites is 1. The van der Waals surface area contributed by atoms with Crippen LogP contribution in [0.5, 0.6) is 0 Å². The van der Waals surface area contributed by atoms with Crippen molar-refractivity contribution in [3.05, 3.63) is 35.5 Å². The van der Waals surface area contributed by atoms with Crippen LogP contribution in [-0.4, -0.2) is 28.4 Å². The topological polar surface area (TPSA) is 135 Å². The maximum atomic E-state index is 9.10. The second-order valence-corrected chi connectivity index (χ2v) is 8.80. The fourth-order valence-corrected chi connectivity index (χ4v) is 4.95. The van der Waals surface area contributed by atoms with E-state index in [1.54, 1.807) is 5.71 Å². The zero-order valence-electron chi connectivity index (χ0n) is 17.2. The van der Waals surface area contributed by atoms with E-state index < -0.39 is 10.2 Å². The third-order valence-corrected chi connectivity index (χ3v) is 6.07. The molecule has 1 aromatic heterocycles. The van der Waals surface area contributed by atoms with Gasteiger partial charge >= 0.3 is 0 Å². The van der Waals surface area contributed by atoms with E-state index in [0.29, 0.717) is 18.3 Å². The Morgan fingerprint density at radius 2 is 1.90 bits per heavy atom. The maximum Gasteiger partial charge on any atom is 0.203 e. The van der Waals surface area contributed by atoms with Gasteiger partial charge in [-0.25, -0.2) is 23.2 Å². The number of fused-ring (bicyclic) bond motifs is 4. The summed E-state index contributed by atoms with van der Waals surface area (Å²) in [5.41, 5.74) is 5.69. The highest BCUT2D eigenvalue weighted by atomic mass is 35.7. The van der Waals surface area contributed by atoms with Crippen LogP contribution < -0.4 is 18.6 Å². The van der Waals surface area contributed by atoms with Crippen molar-refractivity contribution in [1.29, 1.82) is 5.26 Å². The number of hydrogen-bond acceptors (Lipinski definition) is 5. The average molecular weight is 434 g/mol. The Balaban J connectivity index is 0.000000461. The predicted molar refractivity (Wildman–Crippen MR) is 102 cm³/mol. The first-order chi connectivity index (χ1) is 14.3. The van der Waals surface area contributed by atoms with Crippen molar-refractivity contribution in [2.24, 2.45) is 5.92 Å². The number of aromatic nitrogens is 1. The molecule has 162 valence electrons. The lowest BCUT2D eigenvalue weighted by Gasteiger charge is -2.30. The summed E-state index contributed by atoms with van der Waals surface area (Å²) in [4.78, 5) is 3.77. The molecule has 8 heteroatoms. The molecule has 2 unspecified atom stereocenters. The highest BCUT2D eigenvalue weighted by molar-refractivity contribution is 6.05. The lowest BCUT2D eigenvalue weighted by molar-refractivity contribution is -2.00. The predicted octanol–water partition coefficient (Wildman–Crippen LogP) is 0.215. The minimum absolute atomic E-state index is 0.472. The van der Waals surface area contributed by atoms with Crippen LogP contribution in [0.15, 0.2) is 24.3 Å². The molecule has 0 saturated heterocycles. The quantitative estimate of drug-likeness (QED) is 0.672. The third-order valence-electron chi connectivity index (χ3n) is 6.07. The molecule has 3 heterocycles. The summed E-state index contributed by atoms with van der Waals surface area (Å²) in [6, 6.07) is 11.1. The Hall–Kier alpha value is -1.95. The van der Waals surface area contributed by atoms with E-state index in [9.17, 15) is 0 Å². The van der Waals surface area contributed by atoms with Gasteiger partial charge in [-0.1, -0.05) is 38.0 Å². The Bertz CT molecular complexity index is 936. The number of unbranched alkanes of at least 4 members (excludes halogenated alkanes) is 1. The van der Waals surface area contributed by atoms with Crippen molar-refractivity contribution in [3.8, 4) is 6.07 Å². The Kier molecular flexibility index (Phi) is 7.50. The van der Waals surface area contributed by atoms with Crippen molar-refractivity contribution >= 4 is 16.6 Å². The summed E-state index contributed by atoms with van der Waals surface area (Å²) in [6.45, 7) is 4.56. The number of H-pyrrole nitrogens is 1. The van der Waals surface area contributed by atoms with E-state index in [-0.39, 0.29) is 0 Å². The van der Waals surface area contributed by atoms with Crippen molar-refractivity contribution in [2.45, 2.75) is 57.8 Å². The average Bonchev–Trinajstić information content (AvgIpc) is 3.08. The van der Waals surface area contributed by atoms with Gasteiger partial charge in [-0.3, -0.25) is 0 Å². The van der Waals surface area contributed by atoms with E-state index in [1.807, 2.05) is 0 Å². The molecule has 7 nitrogen and oxygen atoms in total. The summed E-state index contributed by atoms with van der Waals surface area (Å²) in [5, 5.41) is 10.5. The van der Waals surface area contributed by atoms with Crippen molar-refractivity contribution in [2.75, 3.05) is 13.1 Å². The Morgan fingerprint density at radius 1 is 1.17 bits per heavy atom. The molecule has 0 bridgehead atoms. The Labute approximate surface area is 179 Å². The minimum atomic E-state index is -4.94. The van der Waals surface area contributed by atoms with E-state index >= 15 is 0 Å². The van der Waals surface area contributed by atoms with Gasteiger partial charge in [-0.15, -0.1) is 10.2 Å². The molecule has 1 aromatic carbocycles. The SMILES string of the molecule is CCCCC1CCC[N+]2=C1c1[nH]c3ccccc3c1C(CCC#N)C2.[O-][Cl+3]([O-])([O-])[O-]. The maximum absolute atomic E-state index is 9.10. The molecule has 2 aliphatic heterocycles. The Morgan fingerprint density at radius 3 is 2.60 bits per heavy atom. The third kappa shape index (κ3) is 5.39. The van der Waals surface area contributed by atoms with Gasteiger partial charge < -0.3 is 4.98 Å². The van der Waals surface area contributed by atoms with Crippen LogP contribution in [0.2, 0.25) is 0 Å². The van der Waals surface area contributed by atoms with Gasteiger partial charge in [-0.2, -0.15) is 5.26 Å². The molecular weight excluding hydrogens is 406 g/mol. The van der Waals surface area contributed by atoms with E-state index in [4.69, 9.17) is 23.9 Å². The second-order valence-electron chi connectivity index (χ2n) is 8.04. The lowest BCUT2D eigenvalue weighted by Crippen LogP contribution is -2.68. The van der Waals surface area contributed by atoms with Gasteiger partial charge in [0.05, 0.1) is 6.07 Å². The highest BCUT2D eigenvalue weighted by Gasteiger charge is 2.40. The van der Waals surface area contributed by atoms with E-state index in [2.05, 4.69) is 46.8 Å². The number of nitrogens with zero attached hydrogens (tertiary/aromatic N) is 2. The zero-order chi connectivity index (χ0) is 21.7. The summed E-state index contributed by atoms with van der Waals surface area (Å²) in [7, 11) is -4.94. The molecule has 30 heavy (non-hydrogen) atoms. The number of benzene rings is 1. The standard InChI is InChI=1S/C22H27N3.ClHO4/c1-2-3-8-16-10-7-14-25-15-17(9-6-13-23)20-18-11-4-5-12-19(18)24-21(20)22(16)25;2-1(3,4)5/h4-5,11-12,16-17H,2-3,6-10,14-15H2,1H3;(H,2,3,4,5). The first-order valence-corrected chi connectivity index (χ1v) is 11.8. The van der Waals surface area contributed by atoms with Gasteiger partial charge in [-0.05, 0) is 25.3 Å². The number of rotatable bonds is 5. The molecule has 0 amide bonds. The fourth-order valence-electron chi connectivity index (χ4n) is 4.95. The van der Waals surface area contributed by atoms with Crippen LogP contribution in [0, 0.1) is 27.5 Å². The van der Waals surface area contributed by atoms with E-state index in [1.165, 1.54) is 60.8 Å². The molecule has 2 aromatic rings. The van der Waals surface area contributed by atoms with Gasteiger partial charge in [0.1, 0.15) is 18.8 Å². The second kappa shape index (κ2) is 9.90. The molecule has 0 spiro atoms. The van der Waals surface area contributed by atoms with Gasteiger partial charge in [0.15, 0.2) is 0 Å². The highest BCUT2D eigenvalue weighted by Crippen LogP contribution is 2.39. The van der Waals surface area contributed by atoms with E-state index in [0.717, 1.165) is 13.0 Å². The molecule has 0 aliphatic carbocycles. The number of hydrogen-bond donors (Lipinski definition) is 1. The number of halogens is 1. The first-order valence-electron chi connectivity index (χ1n) is 10.5. The smallest absolute Gasteiger partial charge is 0.203 e. The zero-order valence-corrected chi connectivity index (χ0v) is 18.0. The summed E-state index contributed by atoms with van der Waals surface area (Å²) in [6.07, 6.45) is 8.13. The summed E-state index contributed by atoms with van der Waals surface area (Å²) >= 11 is 0. The summed E-state index contributed by atoms with van der Waals surface area (Å²) in [5.74, 6) is 1.16. The van der Waals surface area contributed by atoms with Crippen LogP contribution >= 0.6 is 0 Å². The van der Waals surface area contributed by atoms with Gasteiger partial charge in [0.25, 0.3) is 0 Å². The summed E-state index contributed by atoms with van der Waals surface area (Å²) < 4.78 is 36.6. The number of nitriles is 1. The molecule has 0 fully saturated rings. The molecule has 2 atom stereocenters. The molecular formula is C22H28ClN3O4. The van der Waals surface area contributed by atoms with Gasteiger partial charge in [0.2, 0.25) is 5.71 Å².